The van der Waals surface area contributed by atoms with Crippen molar-refractivity contribution >= 4 is 11.8 Å². The lowest BCUT2D eigenvalue weighted by molar-refractivity contribution is -0.161. The van der Waals surface area contributed by atoms with Crippen LogP contribution in [0, 0.1) is 6.92 Å². The predicted octanol–water partition coefficient (Wildman–Crippen LogP) is 1.99. The number of carbonyl (C=O) groups excluding carboxylic acids is 2. The molecule has 0 aliphatic heterocycles. The van der Waals surface area contributed by atoms with Gasteiger partial charge in [0.2, 0.25) is 5.78 Å². The van der Waals surface area contributed by atoms with E-state index in [9.17, 15) is 18.4 Å². The van der Waals surface area contributed by atoms with E-state index in [1.54, 1.807) is 13.0 Å². The fourth-order valence-electron chi connectivity index (χ4n) is 1.19. The molecule has 1 aromatic rings. The molecule has 0 bridgehead atoms. The average Bonchev–Trinajstić information content (AvgIpc) is 2.26. The molecule has 0 saturated carbocycles. The van der Waals surface area contributed by atoms with Gasteiger partial charge in [-0.25, -0.2) is 4.79 Å². The summed E-state index contributed by atoms with van der Waals surface area (Å²) < 4.78 is 30.3. The molecule has 0 spiro atoms. The number of alkyl halides is 2. The predicted molar refractivity (Wildman–Crippen MR) is 52.5 cm³/mol. The van der Waals surface area contributed by atoms with E-state index >= 15 is 0 Å². The Kier molecular flexibility index (Phi) is 3.37. The molecule has 0 N–H and O–H groups in total. The minimum absolute atomic E-state index is 0.213. The Balaban J connectivity index is 3.07. The van der Waals surface area contributed by atoms with Crippen LogP contribution in [0.3, 0.4) is 0 Å². The molecule has 0 aliphatic rings. The first-order chi connectivity index (χ1) is 7.39. The molecule has 3 nitrogen and oxygen atoms in total. The SMILES string of the molecule is COC(=O)C(F)(F)C(=O)c1cccc(C)c1. The number of halogens is 2. The topological polar surface area (TPSA) is 43.4 Å². The highest BCUT2D eigenvalue weighted by atomic mass is 19.3. The van der Waals surface area contributed by atoms with Crippen LogP contribution in [-0.2, 0) is 9.53 Å². The van der Waals surface area contributed by atoms with Crippen LogP contribution in [-0.4, -0.2) is 24.8 Å². The number of benzene rings is 1. The van der Waals surface area contributed by atoms with Crippen LogP contribution in [0.4, 0.5) is 8.78 Å². The van der Waals surface area contributed by atoms with Crippen molar-refractivity contribution in [2.45, 2.75) is 12.8 Å². The second kappa shape index (κ2) is 4.38. The molecular weight excluding hydrogens is 218 g/mol. The summed E-state index contributed by atoms with van der Waals surface area (Å²) in [6, 6.07) is 5.65. The van der Waals surface area contributed by atoms with Gasteiger partial charge in [0.1, 0.15) is 0 Å². The van der Waals surface area contributed by atoms with Crippen LogP contribution in [0.25, 0.3) is 0 Å². The van der Waals surface area contributed by atoms with Crippen molar-refractivity contribution in [1.29, 1.82) is 0 Å². The Hall–Kier alpha value is -1.78. The molecule has 0 atom stereocenters. The van der Waals surface area contributed by atoms with Crippen molar-refractivity contribution in [3.05, 3.63) is 35.4 Å². The lowest BCUT2D eigenvalue weighted by atomic mass is 10.0. The van der Waals surface area contributed by atoms with E-state index in [1.165, 1.54) is 18.2 Å². The molecule has 0 radical (unpaired) electrons. The van der Waals surface area contributed by atoms with E-state index in [4.69, 9.17) is 0 Å². The standard InChI is InChI=1S/C11H10F2O3/c1-7-4-3-5-8(6-7)9(14)11(12,13)10(15)16-2/h3-6H,1-2H3. The Morgan fingerprint density at radius 1 is 1.31 bits per heavy atom. The summed E-state index contributed by atoms with van der Waals surface area (Å²) >= 11 is 0. The second-order valence-corrected chi connectivity index (χ2v) is 3.26. The van der Waals surface area contributed by atoms with Crippen LogP contribution >= 0.6 is 0 Å². The molecule has 0 aromatic heterocycles. The first kappa shape index (κ1) is 12.3. The van der Waals surface area contributed by atoms with Crippen LogP contribution in [0.1, 0.15) is 15.9 Å². The van der Waals surface area contributed by atoms with Crippen LogP contribution in [0.5, 0.6) is 0 Å². The van der Waals surface area contributed by atoms with Gasteiger partial charge in [0.25, 0.3) is 0 Å². The summed E-state index contributed by atoms with van der Waals surface area (Å²) in [7, 11) is 0.805. The highest BCUT2D eigenvalue weighted by molar-refractivity contribution is 6.13. The number of hydrogen-bond acceptors (Lipinski definition) is 3. The molecule has 1 rings (SSSR count). The van der Waals surface area contributed by atoms with E-state index in [0.717, 1.165) is 7.11 Å². The zero-order chi connectivity index (χ0) is 12.3. The number of Topliss-reactive ketones (excluding diaryl/α,β-unsaturated/α-hetero) is 1. The number of hydrogen-bond donors (Lipinski definition) is 0. The van der Waals surface area contributed by atoms with Gasteiger partial charge in [-0.15, -0.1) is 0 Å². The van der Waals surface area contributed by atoms with E-state index in [1.807, 2.05) is 0 Å². The van der Waals surface area contributed by atoms with Crippen molar-refractivity contribution < 1.29 is 23.1 Å². The Bertz CT molecular complexity index is 427. The Morgan fingerprint density at radius 2 is 1.94 bits per heavy atom. The van der Waals surface area contributed by atoms with Crippen molar-refractivity contribution in [3.63, 3.8) is 0 Å². The zero-order valence-electron chi connectivity index (χ0n) is 8.79. The van der Waals surface area contributed by atoms with E-state index in [-0.39, 0.29) is 5.56 Å². The third-order valence-electron chi connectivity index (χ3n) is 2.01. The highest BCUT2D eigenvalue weighted by Crippen LogP contribution is 2.22. The normalized spacial score (nSPS) is 11.0. The lowest BCUT2D eigenvalue weighted by Crippen LogP contribution is -2.38. The number of ketones is 1. The molecule has 0 fully saturated rings. The Labute approximate surface area is 91.0 Å². The lowest BCUT2D eigenvalue weighted by Gasteiger charge is -2.12. The van der Waals surface area contributed by atoms with E-state index < -0.39 is 17.7 Å². The molecule has 0 heterocycles. The molecule has 86 valence electrons. The molecule has 0 aliphatic carbocycles. The third-order valence-corrected chi connectivity index (χ3v) is 2.01. The highest BCUT2D eigenvalue weighted by Gasteiger charge is 2.48. The summed E-state index contributed by atoms with van der Waals surface area (Å²) in [4.78, 5) is 22.1. The van der Waals surface area contributed by atoms with Gasteiger partial charge in [-0.1, -0.05) is 23.8 Å². The summed E-state index contributed by atoms with van der Waals surface area (Å²) in [6.45, 7) is 1.66. The van der Waals surface area contributed by atoms with E-state index in [0.29, 0.717) is 5.56 Å². The first-order valence-electron chi connectivity index (χ1n) is 4.47. The molecular formula is C11H10F2O3. The Morgan fingerprint density at radius 3 is 2.44 bits per heavy atom. The maximum atomic E-state index is 13.2. The van der Waals surface area contributed by atoms with E-state index in [2.05, 4.69) is 4.74 Å². The van der Waals surface area contributed by atoms with Gasteiger partial charge in [-0.2, -0.15) is 8.78 Å². The molecule has 0 unspecified atom stereocenters. The summed E-state index contributed by atoms with van der Waals surface area (Å²) in [5.41, 5.74) is 0.446. The monoisotopic (exact) mass is 228 g/mol. The summed E-state index contributed by atoms with van der Waals surface area (Å²) in [6.07, 6.45) is 0. The number of esters is 1. The molecule has 16 heavy (non-hydrogen) atoms. The fraction of sp³-hybridized carbons (Fsp3) is 0.273. The van der Waals surface area contributed by atoms with Gasteiger partial charge in [-0.05, 0) is 13.0 Å². The largest absolute Gasteiger partial charge is 0.464 e. The quantitative estimate of drug-likeness (QED) is 0.451. The summed E-state index contributed by atoms with van der Waals surface area (Å²) in [5, 5.41) is 0. The first-order valence-corrected chi connectivity index (χ1v) is 4.47. The minimum atomic E-state index is -4.14. The summed E-state index contributed by atoms with van der Waals surface area (Å²) in [5.74, 6) is -7.54. The number of aryl methyl sites for hydroxylation is 1. The molecule has 0 saturated heterocycles. The van der Waals surface area contributed by atoms with Gasteiger partial charge >= 0.3 is 11.9 Å². The van der Waals surface area contributed by atoms with Crippen LogP contribution in [0.2, 0.25) is 0 Å². The number of methoxy groups -OCH3 is 1. The maximum absolute atomic E-state index is 13.2. The maximum Gasteiger partial charge on any atom is 0.404 e. The van der Waals surface area contributed by atoms with Crippen molar-refractivity contribution in [2.24, 2.45) is 0 Å². The molecule has 0 amide bonds. The molecule has 5 heteroatoms. The van der Waals surface area contributed by atoms with Crippen molar-refractivity contribution in [1.82, 2.24) is 0 Å². The van der Waals surface area contributed by atoms with Gasteiger partial charge < -0.3 is 4.74 Å². The van der Waals surface area contributed by atoms with Crippen molar-refractivity contribution in [3.8, 4) is 0 Å². The minimum Gasteiger partial charge on any atom is -0.464 e. The third kappa shape index (κ3) is 2.24. The smallest absolute Gasteiger partial charge is 0.404 e. The fourth-order valence-corrected chi connectivity index (χ4v) is 1.19. The van der Waals surface area contributed by atoms with Crippen molar-refractivity contribution in [2.75, 3.05) is 7.11 Å². The number of carbonyl (C=O) groups is 2. The molecule has 1 aromatic carbocycles. The van der Waals surface area contributed by atoms with Crippen LogP contribution < -0.4 is 0 Å². The van der Waals surface area contributed by atoms with Gasteiger partial charge in [0.15, 0.2) is 0 Å². The van der Waals surface area contributed by atoms with Crippen LogP contribution in [0.15, 0.2) is 24.3 Å². The van der Waals surface area contributed by atoms with Gasteiger partial charge in [0, 0.05) is 5.56 Å². The zero-order valence-corrected chi connectivity index (χ0v) is 8.79. The van der Waals surface area contributed by atoms with Gasteiger partial charge in [0.05, 0.1) is 7.11 Å². The number of ether oxygens (including phenoxy) is 1. The van der Waals surface area contributed by atoms with Gasteiger partial charge in [-0.3, -0.25) is 4.79 Å². The number of rotatable bonds is 3. The average molecular weight is 228 g/mol. The second-order valence-electron chi connectivity index (χ2n) is 3.26.